The van der Waals surface area contributed by atoms with Crippen molar-refractivity contribution in [1.82, 2.24) is 14.9 Å². The van der Waals surface area contributed by atoms with E-state index in [-0.39, 0.29) is 12.4 Å². The molecule has 1 fully saturated rings. The van der Waals surface area contributed by atoms with E-state index in [4.69, 9.17) is 0 Å². The first-order valence-electron chi connectivity index (χ1n) is 7.07. The summed E-state index contributed by atoms with van der Waals surface area (Å²) in [5.74, 6) is -1.53. The Morgan fingerprint density at radius 2 is 2.09 bits per heavy atom. The van der Waals surface area contributed by atoms with E-state index in [9.17, 15) is 24.8 Å². The van der Waals surface area contributed by atoms with Gasteiger partial charge in [-0.25, -0.2) is 4.79 Å². The van der Waals surface area contributed by atoms with Gasteiger partial charge in [0.25, 0.3) is 0 Å². The van der Waals surface area contributed by atoms with Gasteiger partial charge in [0, 0.05) is 6.92 Å². The summed E-state index contributed by atoms with van der Waals surface area (Å²) >= 11 is 0. The number of carbonyl (C=O) groups is 2. The van der Waals surface area contributed by atoms with Crippen LogP contribution in [0.25, 0.3) is 0 Å². The van der Waals surface area contributed by atoms with Gasteiger partial charge in [0.2, 0.25) is 11.7 Å². The molecule has 9 heteroatoms. The van der Waals surface area contributed by atoms with Gasteiger partial charge in [0.15, 0.2) is 0 Å². The molecule has 1 aliphatic rings. The summed E-state index contributed by atoms with van der Waals surface area (Å²) in [6.45, 7) is 1.36. The van der Waals surface area contributed by atoms with E-state index < -0.39 is 22.3 Å². The fraction of sp³-hybridized carbons (Fsp3) is 0.615. The zero-order valence-corrected chi connectivity index (χ0v) is 12.2. The number of carboxylic acids is 1. The molecular formula is C13H18N4O5. The highest BCUT2D eigenvalue weighted by molar-refractivity contribution is 5.87. The molecule has 0 spiro atoms. The first kappa shape index (κ1) is 15.9. The van der Waals surface area contributed by atoms with E-state index >= 15 is 0 Å². The smallest absolute Gasteiger partial charge is 0.381 e. The highest BCUT2D eigenvalue weighted by atomic mass is 16.6. The van der Waals surface area contributed by atoms with Crippen molar-refractivity contribution in [3.05, 3.63) is 22.1 Å². The second kappa shape index (κ2) is 6.12. The van der Waals surface area contributed by atoms with E-state index in [0.717, 1.165) is 19.3 Å². The second-order valence-electron chi connectivity index (χ2n) is 5.53. The van der Waals surface area contributed by atoms with Crippen molar-refractivity contribution >= 4 is 17.7 Å². The van der Waals surface area contributed by atoms with Crippen molar-refractivity contribution < 1.29 is 19.6 Å². The van der Waals surface area contributed by atoms with Crippen LogP contribution in [0.2, 0.25) is 0 Å². The van der Waals surface area contributed by atoms with Gasteiger partial charge in [-0.2, -0.15) is 0 Å². The van der Waals surface area contributed by atoms with Gasteiger partial charge in [-0.05, 0) is 22.7 Å². The quantitative estimate of drug-likeness (QED) is 0.617. The fourth-order valence-corrected chi connectivity index (χ4v) is 2.75. The average Bonchev–Trinajstić information content (AvgIpc) is 2.81. The minimum atomic E-state index is -1.23. The van der Waals surface area contributed by atoms with Crippen molar-refractivity contribution in [2.45, 2.75) is 51.1 Å². The van der Waals surface area contributed by atoms with Gasteiger partial charge in [-0.1, -0.05) is 19.3 Å². The minimum Gasteiger partial charge on any atom is -0.480 e. The van der Waals surface area contributed by atoms with Crippen LogP contribution in [0.4, 0.5) is 5.82 Å². The number of nitrogens with zero attached hydrogens (tertiary/aromatic N) is 3. The van der Waals surface area contributed by atoms with Gasteiger partial charge in [-0.15, -0.1) is 0 Å². The topological polar surface area (TPSA) is 127 Å². The van der Waals surface area contributed by atoms with Crippen LogP contribution in [0.5, 0.6) is 0 Å². The van der Waals surface area contributed by atoms with Crippen LogP contribution >= 0.6 is 0 Å². The number of aryl methyl sites for hydroxylation is 1. The Morgan fingerprint density at radius 3 is 2.59 bits per heavy atom. The normalized spacial score (nSPS) is 17.0. The Kier molecular flexibility index (Phi) is 4.43. The Balaban J connectivity index is 2.08. The number of carboxylic acid groups (broad SMARTS) is 1. The van der Waals surface area contributed by atoms with E-state index in [1.807, 2.05) is 0 Å². The molecule has 0 aromatic carbocycles. The maximum Gasteiger partial charge on any atom is 0.381 e. The van der Waals surface area contributed by atoms with Crippen LogP contribution in [-0.4, -0.2) is 37.0 Å². The fourth-order valence-electron chi connectivity index (χ4n) is 2.75. The number of imidazole rings is 1. The molecule has 0 saturated heterocycles. The number of rotatable bonds is 5. The number of nitrogens with one attached hydrogen (secondary N) is 1. The van der Waals surface area contributed by atoms with E-state index in [0.29, 0.717) is 18.7 Å². The van der Waals surface area contributed by atoms with Crippen LogP contribution in [0.15, 0.2) is 6.20 Å². The molecule has 0 aliphatic heterocycles. The summed E-state index contributed by atoms with van der Waals surface area (Å²) in [5.41, 5.74) is -1.23. The molecule has 1 aromatic heterocycles. The highest BCUT2D eigenvalue weighted by Gasteiger charge is 2.41. The van der Waals surface area contributed by atoms with Crippen LogP contribution in [0.3, 0.4) is 0 Å². The summed E-state index contributed by atoms with van der Waals surface area (Å²) < 4.78 is 1.34. The molecule has 1 heterocycles. The molecule has 0 atom stereocenters. The molecule has 1 aromatic rings. The van der Waals surface area contributed by atoms with Crippen LogP contribution in [0, 0.1) is 17.0 Å². The molecular weight excluding hydrogens is 292 g/mol. The van der Waals surface area contributed by atoms with Crippen molar-refractivity contribution in [1.29, 1.82) is 0 Å². The largest absolute Gasteiger partial charge is 0.480 e. The Bertz CT molecular complexity index is 604. The lowest BCUT2D eigenvalue weighted by Crippen LogP contribution is -2.56. The van der Waals surface area contributed by atoms with Gasteiger partial charge in [-0.3, -0.25) is 9.36 Å². The van der Waals surface area contributed by atoms with Crippen molar-refractivity contribution in [2.24, 2.45) is 0 Å². The number of amides is 1. The molecule has 1 amide bonds. The van der Waals surface area contributed by atoms with Crippen molar-refractivity contribution in [3.63, 3.8) is 0 Å². The Morgan fingerprint density at radius 1 is 1.45 bits per heavy atom. The van der Waals surface area contributed by atoms with Crippen LogP contribution in [0.1, 0.15) is 37.9 Å². The maximum atomic E-state index is 12.1. The second-order valence-corrected chi connectivity index (χ2v) is 5.53. The molecule has 0 unspecified atom stereocenters. The summed E-state index contributed by atoms with van der Waals surface area (Å²) in [6.07, 6.45) is 4.43. The van der Waals surface area contributed by atoms with E-state index in [2.05, 4.69) is 10.3 Å². The molecule has 2 rings (SSSR count). The Labute approximate surface area is 126 Å². The third kappa shape index (κ3) is 3.23. The molecule has 0 bridgehead atoms. The number of nitro groups is 1. The van der Waals surface area contributed by atoms with Crippen LogP contribution < -0.4 is 5.32 Å². The first-order valence-corrected chi connectivity index (χ1v) is 7.07. The van der Waals surface area contributed by atoms with Gasteiger partial charge in [0.05, 0.1) is 0 Å². The molecule has 2 N–H and O–H groups in total. The third-order valence-electron chi connectivity index (χ3n) is 3.96. The van der Waals surface area contributed by atoms with Crippen molar-refractivity contribution in [2.75, 3.05) is 0 Å². The Hall–Kier alpha value is -2.45. The van der Waals surface area contributed by atoms with Crippen molar-refractivity contribution in [3.8, 4) is 0 Å². The standard InChI is InChI=1S/C13H18N4O5/c1-9-14-10(17(21)22)7-16(9)8-11(18)15-13(12(19)20)5-3-2-4-6-13/h7H,2-6,8H2,1H3,(H,15,18)(H,19,20). The van der Waals surface area contributed by atoms with E-state index in [1.54, 1.807) is 6.92 Å². The number of carbonyl (C=O) groups excluding carboxylic acids is 1. The molecule has 0 radical (unpaired) electrons. The maximum absolute atomic E-state index is 12.1. The lowest BCUT2D eigenvalue weighted by Gasteiger charge is -2.34. The summed E-state index contributed by atoms with van der Waals surface area (Å²) in [7, 11) is 0. The zero-order valence-electron chi connectivity index (χ0n) is 12.2. The monoisotopic (exact) mass is 310 g/mol. The number of hydrogen-bond acceptors (Lipinski definition) is 5. The highest BCUT2D eigenvalue weighted by Crippen LogP contribution is 2.28. The summed E-state index contributed by atoms with van der Waals surface area (Å²) in [5, 5.41) is 22.7. The summed E-state index contributed by atoms with van der Waals surface area (Å²) in [6, 6.07) is 0. The average molecular weight is 310 g/mol. The molecule has 1 saturated carbocycles. The number of aliphatic carboxylic acids is 1. The van der Waals surface area contributed by atoms with E-state index in [1.165, 1.54) is 10.8 Å². The number of aromatic nitrogens is 2. The SMILES string of the molecule is Cc1nc([N+](=O)[O-])cn1CC(=O)NC1(C(=O)O)CCCCC1. The summed E-state index contributed by atoms with van der Waals surface area (Å²) in [4.78, 5) is 37.4. The number of hydrogen-bond donors (Lipinski definition) is 2. The van der Waals surface area contributed by atoms with Gasteiger partial charge in [0.1, 0.15) is 18.3 Å². The van der Waals surface area contributed by atoms with Gasteiger partial charge < -0.3 is 20.5 Å². The molecule has 1 aliphatic carbocycles. The first-order chi connectivity index (χ1) is 10.3. The molecule has 120 valence electrons. The predicted octanol–water partition coefficient (Wildman–Crippen LogP) is 1.00. The van der Waals surface area contributed by atoms with Crippen LogP contribution in [-0.2, 0) is 16.1 Å². The molecule has 22 heavy (non-hydrogen) atoms. The predicted molar refractivity (Wildman–Crippen MR) is 75.2 cm³/mol. The third-order valence-corrected chi connectivity index (χ3v) is 3.96. The lowest BCUT2D eigenvalue weighted by molar-refractivity contribution is -0.389. The molecule has 9 nitrogen and oxygen atoms in total. The lowest BCUT2D eigenvalue weighted by atomic mass is 9.81. The zero-order chi connectivity index (χ0) is 16.3. The van der Waals surface area contributed by atoms with Gasteiger partial charge >= 0.3 is 11.8 Å². The minimum absolute atomic E-state index is 0.193.